The van der Waals surface area contributed by atoms with Crippen molar-refractivity contribution >= 4 is 28.2 Å². The third-order valence-electron chi connectivity index (χ3n) is 3.73. The van der Waals surface area contributed by atoms with E-state index in [0.29, 0.717) is 11.2 Å². The van der Waals surface area contributed by atoms with Crippen LogP contribution in [-0.4, -0.2) is 20.9 Å². The van der Waals surface area contributed by atoms with Gasteiger partial charge in [-0.1, -0.05) is 18.2 Å². The van der Waals surface area contributed by atoms with Crippen molar-refractivity contribution in [2.24, 2.45) is 0 Å². The van der Waals surface area contributed by atoms with Crippen molar-refractivity contribution in [1.29, 1.82) is 0 Å². The summed E-state index contributed by atoms with van der Waals surface area (Å²) in [4.78, 5) is 21.2. The maximum atomic E-state index is 12.7. The maximum absolute atomic E-state index is 12.7. The van der Waals surface area contributed by atoms with E-state index in [0.717, 1.165) is 15.8 Å². The molecular weight excluding hydrogens is 308 g/mol. The minimum absolute atomic E-state index is 0.0192. The average Bonchev–Trinajstić information content (AvgIpc) is 3.24. The first-order valence-corrected chi connectivity index (χ1v) is 7.96. The number of H-pyrrole nitrogens is 1. The second kappa shape index (κ2) is 5.37. The number of phenolic OH excluding ortho intramolecular Hbond substituents is 1. The molecule has 0 saturated heterocycles. The Labute approximate surface area is 136 Å². The summed E-state index contributed by atoms with van der Waals surface area (Å²) >= 11 is 1.63. The lowest BCUT2D eigenvalue weighted by molar-refractivity contribution is 0.103. The lowest BCUT2D eigenvalue weighted by atomic mass is 10.0. The summed E-state index contributed by atoms with van der Waals surface area (Å²) in [7, 11) is 0. The second-order valence-corrected chi connectivity index (χ2v) is 6.09. The number of aromatic hydroxyl groups is 1. The number of aromatic nitrogens is 2. The summed E-state index contributed by atoms with van der Waals surface area (Å²) < 4.78 is 0. The number of hydrogen-bond donors (Lipinski definition) is 2. The molecule has 5 heteroatoms. The molecule has 0 spiro atoms. The zero-order chi connectivity index (χ0) is 15.8. The van der Waals surface area contributed by atoms with Crippen LogP contribution in [-0.2, 0) is 0 Å². The highest BCUT2D eigenvalue weighted by Crippen LogP contribution is 2.29. The molecule has 0 bridgehead atoms. The van der Waals surface area contributed by atoms with E-state index < -0.39 is 0 Å². The molecule has 0 fully saturated rings. The van der Waals surface area contributed by atoms with Gasteiger partial charge in [0, 0.05) is 33.8 Å². The number of nitrogens with one attached hydrogen (secondary N) is 1. The zero-order valence-corrected chi connectivity index (χ0v) is 12.8. The monoisotopic (exact) mass is 320 g/mol. The van der Waals surface area contributed by atoms with Crippen LogP contribution in [0, 0.1) is 0 Å². The van der Waals surface area contributed by atoms with E-state index in [1.165, 1.54) is 6.07 Å². The van der Waals surface area contributed by atoms with Gasteiger partial charge in [-0.15, -0.1) is 11.3 Å². The Morgan fingerprint density at radius 3 is 2.78 bits per heavy atom. The van der Waals surface area contributed by atoms with E-state index in [2.05, 4.69) is 9.97 Å². The number of para-hydroxylation sites is 1. The minimum atomic E-state index is -0.223. The Bertz CT molecular complexity index is 1000. The molecular formula is C18H12N2O2S. The number of fused-ring (bicyclic) bond motifs is 1. The van der Waals surface area contributed by atoms with Crippen molar-refractivity contribution in [1.82, 2.24) is 9.97 Å². The van der Waals surface area contributed by atoms with Crippen LogP contribution < -0.4 is 0 Å². The van der Waals surface area contributed by atoms with Crippen molar-refractivity contribution in [3.8, 4) is 16.2 Å². The fraction of sp³-hybridized carbons (Fsp3) is 0. The maximum Gasteiger partial charge on any atom is 0.198 e. The predicted octanol–water partition coefficient (Wildman–Crippen LogP) is 4.23. The van der Waals surface area contributed by atoms with Crippen LogP contribution in [0.2, 0.25) is 0 Å². The molecule has 0 aliphatic carbocycles. The number of rotatable bonds is 3. The van der Waals surface area contributed by atoms with Crippen molar-refractivity contribution in [2.45, 2.75) is 0 Å². The molecule has 0 unspecified atom stereocenters. The number of phenols is 1. The number of thiophene rings is 1. The lowest BCUT2D eigenvalue weighted by Gasteiger charge is -2.03. The van der Waals surface area contributed by atoms with Gasteiger partial charge in [0.2, 0.25) is 0 Å². The molecule has 3 aromatic heterocycles. The van der Waals surface area contributed by atoms with Crippen LogP contribution in [0.4, 0.5) is 0 Å². The van der Waals surface area contributed by atoms with Crippen LogP contribution >= 0.6 is 11.3 Å². The van der Waals surface area contributed by atoms with E-state index in [4.69, 9.17) is 0 Å². The summed E-state index contributed by atoms with van der Waals surface area (Å²) in [6, 6.07) is 12.5. The standard InChI is InChI=1S/C18H12N2O2S/c21-15-5-2-1-4-12(15)17(22)14-10-20-18-13(14)8-11(9-19-18)16-6-3-7-23-16/h1-10,21H,(H,19,20). The number of aromatic amines is 1. The minimum Gasteiger partial charge on any atom is -0.507 e. The molecule has 112 valence electrons. The van der Waals surface area contributed by atoms with E-state index in [9.17, 15) is 9.90 Å². The van der Waals surface area contributed by atoms with Crippen molar-refractivity contribution < 1.29 is 9.90 Å². The van der Waals surface area contributed by atoms with Gasteiger partial charge in [-0.3, -0.25) is 4.79 Å². The molecule has 1 aromatic carbocycles. The van der Waals surface area contributed by atoms with Crippen molar-refractivity contribution in [3.63, 3.8) is 0 Å². The molecule has 2 N–H and O–H groups in total. The Balaban J connectivity index is 1.86. The molecule has 0 atom stereocenters. The molecule has 4 aromatic rings. The third-order valence-corrected chi connectivity index (χ3v) is 4.65. The first kappa shape index (κ1) is 13.7. The summed E-state index contributed by atoms with van der Waals surface area (Å²) in [6.07, 6.45) is 3.43. The number of ketones is 1. The number of hydrogen-bond acceptors (Lipinski definition) is 4. The quantitative estimate of drug-likeness (QED) is 0.555. The highest BCUT2D eigenvalue weighted by atomic mass is 32.1. The molecule has 23 heavy (non-hydrogen) atoms. The highest BCUT2D eigenvalue weighted by molar-refractivity contribution is 7.13. The van der Waals surface area contributed by atoms with E-state index >= 15 is 0 Å². The van der Waals surface area contributed by atoms with E-state index in [-0.39, 0.29) is 17.1 Å². The number of carbonyl (C=O) groups excluding carboxylic acids is 1. The van der Waals surface area contributed by atoms with Crippen LogP contribution in [0.5, 0.6) is 5.75 Å². The molecule has 0 radical (unpaired) electrons. The summed E-state index contributed by atoms with van der Waals surface area (Å²) in [5.41, 5.74) is 2.42. The zero-order valence-electron chi connectivity index (χ0n) is 12.0. The molecule has 0 amide bonds. The molecule has 0 aliphatic heterocycles. The number of carbonyl (C=O) groups is 1. The van der Waals surface area contributed by atoms with Gasteiger partial charge < -0.3 is 10.1 Å². The van der Waals surface area contributed by atoms with Crippen LogP contribution in [0.15, 0.2) is 60.2 Å². The van der Waals surface area contributed by atoms with Crippen LogP contribution in [0.25, 0.3) is 21.5 Å². The number of nitrogens with zero attached hydrogens (tertiary/aromatic N) is 1. The highest BCUT2D eigenvalue weighted by Gasteiger charge is 2.18. The second-order valence-electron chi connectivity index (χ2n) is 5.15. The molecule has 3 heterocycles. The van der Waals surface area contributed by atoms with E-state index in [1.807, 2.05) is 23.6 Å². The average molecular weight is 320 g/mol. The topological polar surface area (TPSA) is 66.0 Å². The van der Waals surface area contributed by atoms with Gasteiger partial charge in [0.15, 0.2) is 5.78 Å². The number of pyridine rings is 1. The van der Waals surface area contributed by atoms with Gasteiger partial charge in [0.25, 0.3) is 0 Å². The summed E-state index contributed by atoms with van der Waals surface area (Å²) in [6.45, 7) is 0. The van der Waals surface area contributed by atoms with Gasteiger partial charge in [-0.2, -0.15) is 0 Å². The van der Waals surface area contributed by atoms with Gasteiger partial charge in [0.05, 0.1) is 5.56 Å². The van der Waals surface area contributed by atoms with Gasteiger partial charge in [-0.25, -0.2) is 4.98 Å². The third kappa shape index (κ3) is 2.31. The lowest BCUT2D eigenvalue weighted by Crippen LogP contribution is -2.00. The fourth-order valence-corrected chi connectivity index (χ4v) is 3.29. The van der Waals surface area contributed by atoms with Crippen LogP contribution in [0.3, 0.4) is 0 Å². The molecule has 4 nitrogen and oxygen atoms in total. The molecule has 0 aliphatic rings. The van der Waals surface area contributed by atoms with Gasteiger partial charge in [0.1, 0.15) is 11.4 Å². The molecule has 4 rings (SSSR count). The molecule has 0 saturated carbocycles. The number of benzene rings is 1. The van der Waals surface area contributed by atoms with Crippen molar-refractivity contribution in [3.05, 3.63) is 71.4 Å². The smallest absolute Gasteiger partial charge is 0.198 e. The Morgan fingerprint density at radius 2 is 2.00 bits per heavy atom. The predicted molar refractivity (Wildman–Crippen MR) is 90.9 cm³/mol. The van der Waals surface area contributed by atoms with Crippen LogP contribution in [0.1, 0.15) is 15.9 Å². The van der Waals surface area contributed by atoms with Gasteiger partial charge >= 0.3 is 0 Å². The Hall–Kier alpha value is -2.92. The van der Waals surface area contributed by atoms with Gasteiger partial charge in [-0.05, 0) is 29.6 Å². The Kier molecular flexibility index (Phi) is 3.20. The SMILES string of the molecule is O=C(c1ccccc1O)c1c[nH]c2ncc(-c3cccs3)cc12. The fourth-order valence-electron chi connectivity index (χ4n) is 2.58. The first-order chi connectivity index (χ1) is 11.2. The van der Waals surface area contributed by atoms with E-state index in [1.54, 1.807) is 41.9 Å². The summed E-state index contributed by atoms with van der Waals surface area (Å²) in [5.74, 6) is -0.242. The van der Waals surface area contributed by atoms with Crippen molar-refractivity contribution in [2.75, 3.05) is 0 Å². The normalized spacial score (nSPS) is 11.0. The first-order valence-electron chi connectivity index (χ1n) is 7.08. The summed E-state index contributed by atoms with van der Waals surface area (Å²) in [5, 5.41) is 12.7. The Morgan fingerprint density at radius 1 is 1.13 bits per heavy atom. The largest absolute Gasteiger partial charge is 0.507 e.